The first-order chi connectivity index (χ1) is 19.4. The van der Waals surface area contributed by atoms with Gasteiger partial charge in [-0.05, 0) is 48.8 Å². The van der Waals surface area contributed by atoms with E-state index in [-0.39, 0.29) is 48.3 Å². The Labute approximate surface area is 243 Å². The average Bonchev–Trinajstić information content (AvgIpc) is 3.36. The largest absolute Gasteiger partial charge is 0.465 e. The smallest absolute Gasteiger partial charge is 0.302 e. The maximum Gasteiger partial charge on any atom is 0.302 e. The predicted octanol–water partition coefficient (Wildman–Crippen LogP) is 4.15. The number of benzene rings is 2. The highest BCUT2D eigenvalue weighted by molar-refractivity contribution is 8.00. The second-order valence-corrected chi connectivity index (χ2v) is 12.8. The Morgan fingerprint density at radius 3 is 2.44 bits per heavy atom. The van der Waals surface area contributed by atoms with Gasteiger partial charge in [-0.15, -0.1) is 18.3 Å². The van der Waals surface area contributed by atoms with Crippen molar-refractivity contribution in [3.05, 3.63) is 59.7 Å². The molecule has 10 nitrogen and oxygen atoms in total. The number of nitrogens with zero attached hydrogens (tertiary/aromatic N) is 1. The van der Waals surface area contributed by atoms with E-state index >= 15 is 0 Å². The quantitative estimate of drug-likeness (QED) is 0.121. The number of anilines is 1. The molecule has 1 saturated heterocycles. The number of likely N-dealkylation sites (tertiary alicyclic amines) is 1. The summed E-state index contributed by atoms with van der Waals surface area (Å²) >= 11 is 1.44. The molecule has 1 fully saturated rings. The summed E-state index contributed by atoms with van der Waals surface area (Å²) in [6.07, 6.45) is 1.67. The molecule has 2 aromatic carbocycles. The first-order valence-corrected chi connectivity index (χ1v) is 15.6. The molecule has 0 bridgehead atoms. The van der Waals surface area contributed by atoms with Gasteiger partial charge in [0.15, 0.2) is 0 Å². The lowest BCUT2D eigenvalue weighted by Crippen LogP contribution is -2.34. The predicted molar refractivity (Wildman–Crippen MR) is 155 cm³/mol. The van der Waals surface area contributed by atoms with Crippen LogP contribution in [0.4, 0.5) is 5.69 Å². The van der Waals surface area contributed by atoms with E-state index in [0.29, 0.717) is 22.4 Å². The van der Waals surface area contributed by atoms with Gasteiger partial charge in [0.1, 0.15) is 11.5 Å². The van der Waals surface area contributed by atoms with Gasteiger partial charge < -0.3 is 10.1 Å². The van der Waals surface area contributed by atoms with Crippen LogP contribution in [-0.2, 0) is 34.0 Å². The molecule has 0 spiro atoms. The van der Waals surface area contributed by atoms with E-state index < -0.39 is 33.2 Å². The first kappa shape index (κ1) is 30.5. The van der Waals surface area contributed by atoms with Crippen molar-refractivity contribution in [2.45, 2.75) is 55.6 Å². The molecule has 0 aromatic heterocycles. The van der Waals surface area contributed by atoms with Crippen molar-refractivity contribution in [3.8, 4) is 11.1 Å². The molecular weight excluding hydrogens is 568 g/mol. The third-order valence-electron chi connectivity index (χ3n) is 6.99. The molecule has 2 unspecified atom stereocenters. The van der Waals surface area contributed by atoms with Crippen LogP contribution in [0.1, 0.15) is 56.6 Å². The molecule has 1 aliphatic carbocycles. The summed E-state index contributed by atoms with van der Waals surface area (Å²) in [4.78, 5) is 50.6. The fraction of sp³-hybridized carbons (Fsp3) is 0.379. The highest BCUT2D eigenvalue weighted by atomic mass is 32.2. The third-order valence-corrected chi connectivity index (χ3v) is 9.18. The highest BCUT2D eigenvalue weighted by Gasteiger charge is 2.39. The fourth-order valence-corrected chi connectivity index (χ4v) is 7.01. The number of thioether (sulfide) groups is 1. The van der Waals surface area contributed by atoms with Gasteiger partial charge in [-0.3, -0.25) is 28.6 Å². The van der Waals surface area contributed by atoms with Crippen LogP contribution in [0.5, 0.6) is 0 Å². The van der Waals surface area contributed by atoms with E-state index in [1.165, 1.54) is 30.8 Å². The minimum absolute atomic E-state index is 0.0623. The fourth-order valence-electron chi connectivity index (χ4n) is 5.16. The van der Waals surface area contributed by atoms with Gasteiger partial charge in [-0.25, -0.2) is 0 Å². The Hall–Kier alpha value is -3.48. The molecule has 0 radical (unpaired) electrons. The lowest BCUT2D eigenvalue weighted by Gasteiger charge is -2.16. The maximum absolute atomic E-state index is 13.0. The van der Waals surface area contributed by atoms with Crippen LogP contribution in [0.2, 0.25) is 0 Å². The number of hydrogen-bond donors (Lipinski definition) is 2. The summed E-state index contributed by atoms with van der Waals surface area (Å²) in [5, 5.41) is 2.32. The molecule has 2 aliphatic rings. The number of carbonyl (C=O) groups excluding carboxylic acids is 4. The molecule has 2 aromatic rings. The molecule has 3 amide bonds. The van der Waals surface area contributed by atoms with Crippen LogP contribution < -0.4 is 5.32 Å². The highest BCUT2D eigenvalue weighted by Crippen LogP contribution is 2.50. The third kappa shape index (κ3) is 6.88. The first-order valence-electron chi connectivity index (χ1n) is 13.2. The summed E-state index contributed by atoms with van der Waals surface area (Å²) in [5.41, 5.74) is 3.11. The maximum atomic E-state index is 13.0. The molecule has 2 atom stereocenters. The summed E-state index contributed by atoms with van der Waals surface area (Å²) in [7, 11) is -4.63. The van der Waals surface area contributed by atoms with Crippen LogP contribution in [0.3, 0.4) is 0 Å². The summed E-state index contributed by atoms with van der Waals surface area (Å²) < 4.78 is 39.7. The van der Waals surface area contributed by atoms with E-state index in [0.717, 1.165) is 29.1 Å². The molecule has 41 heavy (non-hydrogen) atoms. The van der Waals surface area contributed by atoms with Crippen LogP contribution >= 0.6 is 11.8 Å². The van der Waals surface area contributed by atoms with Crippen molar-refractivity contribution in [2.75, 3.05) is 24.2 Å². The van der Waals surface area contributed by atoms with Crippen molar-refractivity contribution in [3.63, 3.8) is 0 Å². The topological polar surface area (TPSA) is 147 Å². The van der Waals surface area contributed by atoms with Gasteiger partial charge in [-0.2, -0.15) is 8.42 Å². The van der Waals surface area contributed by atoms with Crippen LogP contribution in [0.25, 0.3) is 11.1 Å². The minimum Gasteiger partial charge on any atom is -0.465 e. The number of imide groups is 1. The van der Waals surface area contributed by atoms with E-state index in [1.807, 2.05) is 6.92 Å². The number of amides is 3. The number of carbonyl (C=O) groups is 4. The lowest BCUT2D eigenvalue weighted by molar-refractivity contribution is -0.141. The Morgan fingerprint density at radius 2 is 1.78 bits per heavy atom. The van der Waals surface area contributed by atoms with Gasteiger partial charge in [0.2, 0.25) is 17.7 Å². The minimum atomic E-state index is -4.63. The summed E-state index contributed by atoms with van der Waals surface area (Å²) in [5.74, 6) is -1.40. The molecule has 1 heterocycles. The van der Waals surface area contributed by atoms with E-state index in [9.17, 15) is 32.1 Å². The zero-order chi connectivity index (χ0) is 29.9. The lowest BCUT2D eigenvalue weighted by atomic mass is 9.98. The number of allylic oxidation sites excluding steroid dienone is 1. The zero-order valence-electron chi connectivity index (χ0n) is 22.8. The van der Waals surface area contributed by atoms with Crippen molar-refractivity contribution in [1.82, 2.24) is 4.90 Å². The summed E-state index contributed by atoms with van der Waals surface area (Å²) in [6, 6.07) is 9.45. The van der Waals surface area contributed by atoms with Crippen LogP contribution in [0, 0.1) is 0 Å². The second kappa shape index (κ2) is 12.6. The SMILES string of the molecule is C=C(C)CCCSC1CC(=O)N(CCC(=O)Nc2cccc3c2-c2c(cccc2S(=O)(=O)O)C3COC(C)=O)C1=O. The van der Waals surface area contributed by atoms with Crippen molar-refractivity contribution < 1.29 is 36.9 Å². The number of rotatable bonds is 12. The van der Waals surface area contributed by atoms with Gasteiger partial charge in [0, 0.05) is 49.0 Å². The average molecular weight is 601 g/mol. The Kier molecular flexibility index (Phi) is 9.35. The molecule has 218 valence electrons. The molecule has 12 heteroatoms. The molecule has 2 N–H and O–H groups in total. The number of nitrogens with one attached hydrogen (secondary N) is 1. The monoisotopic (exact) mass is 600 g/mol. The van der Waals surface area contributed by atoms with Gasteiger partial charge in [-0.1, -0.05) is 29.8 Å². The van der Waals surface area contributed by atoms with Crippen molar-refractivity contribution in [2.24, 2.45) is 0 Å². The van der Waals surface area contributed by atoms with E-state index in [4.69, 9.17) is 4.74 Å². The Morgan fingerprint density at radius 1 is 1.10 bits per heavy atom. The van der Waals surface area contributed by atoms with Crippen LogP contribution in [0.15, 0.2) is 53.4 Å². The molecular formula is C29H32N2O8S2. The Balaban J connectivity index is 1.51. The molecule has 0 saturated carbocycles. The number of esters is 1. The molecule has 4 rings (SSSR count). The van der Waals surface area contributed by atoms with Crippen molar-refractivity contribution >= 4 is 51.3 Å². The summed E-state index contributed by atoms with van der Waals surface area (Å²) in [6.45, 7) is 6.93. The Bertz CT molecular complexity index is 1520. The number of hydrogen-bond acceptors (Lipinski definition) is 8. The van der Waals surface area contributed by atoms with Gasteiger partial charge >= 0.3 is 5.97 Å². The standard InChI is InChI=1S/C29H32N2O8S2/c1-17(2)7-6-14-40-23-15-26(34)31(29(23)35)13-12-25(33)30-22-10-4-8-19-21(16-39-18(3)32)20-9-5-11-24(41(36,37)38)28(20)27(19)22/h4-5,8-11,21,23H,1,6-7,12-16H2,2-3H3,(H,30,33)(H,36,37,38). The number of fused-ring (bicyclic) bond motifs is 3. The van der Waals surface area contributed by atoms with Crippen LogP contribution in [-0.4, -0.2) is 65.7 Å². The van der Waals surface area contributed by atoms with Gasteiger partial charge in [0.25, 0.3) is 10.1 Å². The zero-order valence-corrected chi connectivity index (χ0v) is 24.5. The molecule has 1 aliphatic heterocycles. The second-order valence-electron chi connectivity index (χ2n) is 10.1. The van der Waals surface area contributed by atoms with E-state index in [1.54, 1.807) is 24.3 Å². The normalized spacial score (nSPS) is 17.8. The van der Waals surface area contributed by atoms with Gasteiger partial charge in [0.05, 0.1) is 5.25 Å². The van der Waals surface area contributed by atoms with E-state index in [2.05, 4.69) is 11.9 Å². The number of ether oxygens (including phenoxy) is 1. The van der Waals surface area contributed by atoms with Crippen molar-refractivity contribution in [1.29, 1.82) is 0 Å².